The molecular formula is C25H32O. The van der Waals surface area contributed by atoms with Crippen LogP contribution in [0.25, 0.3) is 0 Å². The fourth-order valence-electron chi connectivity index (χ4n) is 2.71. The van der Waals surface area contributed by atoms with Crippen molar-refractivity contribution >= 4 is 0 Å². The van der Waals surface area contributed by atoms with Gasteiger partial charge in [0.2, 0.25) is 0 Å². The predicted molar refractivity (Wildman–Crippen MR) is 112 cm³/mol. The van der Waals surface area contributed by atoms with Crippen LogP contribution in [0.2, 0.25) is 0 Å². The Kier molecular flexibility index (Phi) is 8.84. The van der Waals surface area contributed by atoms with Gasteiger partial charge in [-0.3, -0.25) is 0 Å². The maximum absolute atomic E-state index is 5.78. The van der Waals surface area contributed by atoms with E-state index in [1.54, 1.807) is 0 Å². The van der Waals surface area contributed by atoms with Gasteiger partial charge in [-0.25, -0.2) is 0 Å². The molecule has 0 N–H and O–H groups in total. The Hall–Kier alpha value is -2.20. The van der Waals surface area contributed by atoms with E-state index in [9.17, 15) is 0 Å². The zero-order valence-electron chi connectivity index (χ0n) is 16.6. The average Bonchev–Trinajstić information content (AvgIpc) is 2.66. The van der Waals surface area contributed by atoms with Crippen LogP contribution in [0.3, 0.4) is 0 Å². The van der Waals surface area contributed by atoms with E-state index < -0.39 is 0 Å². The second kappa shape index (κ2) is 11.4. The summed E-state index contributed by atoms with van der Waals surface area (Å²) < 4.78 is 5.78. The quantitative estimate of drug-likeness (QED) is 0.365. The number of rotatable bonds is 9. The first-order valence-electron chi connectivity index (χ1n) is 10.0. The molecular weight excluding hydrogens is 316 g/mol. The van der Waals surface area contributed by atoms with Crippen LogP contribution in [0, 0.1) is 17.8 Å². The van der Waals surface area contributed by atoms with Crippen molar-refractivity contribution in [3.63, 3.8) is 0 Å². The summed E-state index contributed by atoms with van der Waals surface area (Å²) >= 11 is 0. The van der Waals surface area contributed by atoms with Crippen molar-refractivity contribution in [3.8, 4) is 17.6 Å². The van der Waals surface area contributed by atoms with Gasteiger partial charge < -0.3 is 4.74 Å². The standard InChI is InChI=1S/C25H32O/c1-4-5-6-7-20-26-25-18-16-24(17-19-25)15-14-23-12-10-22(11-13-23)9-8-21(2)3/h10-13,16-19,21H,4-9,20H2,1-3H3. The van der Waals surface area contributed by atoms with E-state index in [2.05, 4.69) is 56.9 Å². The minimum atomic E-state index is 0.748. The van der Waals surface area contributed by atoms with E-state index in [-0.39, 0.29) is 0 Å². The van der Waals surface area contributed by atoms with E-state index in [0.29, 0.717) is 0 Å². The number of unbranched alkanes of at least 4 members (excludes halogenated alkanes) is 3. The molecule has 138 valence electrons. The maximum Gasteiger partial charge on any atom is 0.119 e. The SMILES string of the molecule is CCCCCCOc1ccc(C#Cc2ccc(CCC(C)C)cc2)cc1. The molecule has 0 saturated carbocycles. The van der Waals surface area contributed by atoms with Gasteiger partial charge in [-0.05, 0) is 67.1 Å². The molecule has 0 saturated heterocycles. The van der Waals surface area contributed by atoms with E-state index in [1.165, 1.54) is 31.2 Å². The van der Waals surface area contributed by atoms with Crippen LogP contribution >= 0.6 is 0 Å². The molecule has 0 amide bonds. The summed E-state index contributed by atoms with van der Waals surface area (Å²) in [5.41, 5.74) is 3.48. The molecule has 0 fully saturated rings. The summed E-state index contributed by atoms with van der Waals surface area (Å²) in [6.45, 7) is 7.56. The van der Waals surface area contributed by atoms with E-state index in [4.69, 9.17) is 4.74 Å². The molecule has 2 aromatic rings. The highest BCUT2D eigenvalue weighted by Crippen LogP contribution is 2.13. The number of benzene rings is 2. The number of hydrogen-bond acceptors (Lipinski definition) is 1. The second-order valence-electron chi connectivity index (χ2n) is 7.31. The largest absolute Gasteiger partial charge is 0.494 e. The monoisotopic (exact) mass is 348 g/mol. The molecule has 0 radical (unpaired) electrons. The topological polar surface area (TPSA) is 9.23 Å². The molecule has 0 aliphatic carbocycles. The second-order valence-corrected chi connectivity index (χ2v) is 7.31. The molecule has 0 spiro atoms. The van der Waals surface area contributed by atoms with E-state index >= 15 is 0 Å². The van der Waals surface area contributed by atoms with Gasteiger partial charge in [0, 0.05) is 11.1 Å². The van der Waals surface area contributed by atoms with Gasteiger partial charge in [0.25, 0.3) is 0 Å². The Balaban J connectivity index is 1.83. The van der Waals surface area contributed by atoms with Gasteiger partial charge in [-0.1, -0.05) is 64.0 Å². The third-order valence-electron chi connectivity index (χ3n) is 4.44. The Morgan fingerprint density at radius 1 is 0.808 bits per heavy atom. The van der Waals surface area contributed by atoms with Crippen molar-refractivity contribution in [2.45, 2.75) is 59.3 Å². The molecule has 1 nitrogen and oxygen atoms in total. The Morgan fingerprint density at radius 3 is 2.00 bits per heavy atom. The lowest BCUT2D eigenvalue weighted by Crippen LogP contribution is -1.96. The lowest BCUT2D eigenvalue weighted by Gasteiger charge is -2.05. The first kappa shape index (κ1) is 20.1. The Morgan fingerprint density at radius 2 is 1.42 bits per heavy atom. The predicted octanol–water partition coefficient (Wildman–Crippen LogP) is 6.63. The van der Waals surface area contributed by atoms with Crippen LogP contribution in [0.15, 0.2) is 48.5 Å². The Labute approximate surface area is 159 Å². The molecule has 26 heavy (non-hydrogen) atoms. The highest BCUT2D eigenvalue weighted by molar-refractivity contribution is 5.44. The van der Waals surface area contributed by atoms with Crippen molar-refractivity contribution < 1.29 is 4.74 Å². The summed E-state index contributed by atoms with van der Waals surface area (Å²) in [7, 11) is 0. The first-order chi connectivity index (χ1) is 12.7. The third kappa shape index (κ3) is 7.79. The summed E-state index contributed by atoms with van der Waals surface area (Å²) in [6, 6.07) is 16.7. The molecule has 2 aromatic carbocycles. The average molecular weight is 349 g/mol. The van der Waals surface area contributed by atoms with Gasteiger partial charge in [-0.2, -0.15) is 0 Å². The number of aryl methyl sites for hydroxylation is 1. The molecule has 0 heterocycles. The van der Waals surface area contributed by atoms with Crippen molar-refractivity contribution in [3.05, 3.63) is 65.2 Å². The zero-order valence-corrected chi connectivity index (χ0v) is 16.6. The van der Waals surface area contributed by atoms with Gasteiger partial charge >= 0.3 is 0 Å². The van der Waals surface area contributed by atoms with Gasteiger partial charge in [0.15, 0.2) is 0 Å². The number of ether oxygens (including phenoxy) is 1. The van der Waals surface area contributed by atoms with Crippen LogP contribution in [-0.2, 0) is 6.42 Å². The number of hydrogen-bond donors (Lipinski definition) is 0. The third-order valence-corrected chi connectivity index (χ3v) is 4.44. The van der Waals surface area contributed by atoms with Crippen LogP contribution in [0.5, 0.6) is 5.75 Å². The molecule has 0 aromatic heterocycles. The molecule has 1 heteroatoms. The van der Waals surface area contributed by atoms with Crippen molar-refractivity contribution in [1.82, 2.24) is 0 Å². The van der Waals surface area contributed by atoms with Crippen LogP contribution < -0.4 is 4.74 Å². The highest BCUT2D eigenvalue weighted by Gasteiger charge is 1.97. The fraction of sp³-hybridized carbons (Fsp3) is 0.440. The molecule has 0 atom stereocenters. The maximum atomic E-state index is 5.78. The summed E-state index contributed by atoms with van der Waals surface area (Å²) in [5, 5.41) is 0. The lowest BCUT2D eigenvalue weighted by molar-refractivity contribution is 0.305. The van der Waals surface area contributed by atoms with Crippen molar-refractivity contribution in [2.75, 3.05) is 6.61 Å². The van der Waals surface area contributed by atoms with E-state index in [0.717, 1.165) is 42.2 Å². The lowest BCUT2D eigenvalue weighted by atomic mass is 10.0. The van der Waals surface area contributed by atoms with E-state index in [1.807, 2.05) is 24.3 Å². The Bertz CT molecular complexity index is 684. The van der Waals surface area contributed by atoms with Gasteiger partial charge in [0.05, 0.1) is 6.61 Å². The molecule has 0 bridgehead atoms. The normalized spacial score (nSPS) is 10.5. The summed E-state index contributed by atoms with van der Waals surface area (Å²) in [5.74, 6) is 8.16. The molecule has 0 aliphatic rings. The minimum Gasteiger partial charge on any atom is -0.494 e. The minimum absolute atomic E-state index is 0.748. The van der Waals surface area contributed by atoms with Gasteiger partial charge in [0.1, 0.15) is 5.75 Å². The first-order valence-corrected chi connectivity index (χ1v) is 10.0. The van der Waals surface area contributed by atoms with Crippen molar-refractivity contribution in [1.29, 1.82) is 0 Å². The molecule has 0 unspecified atom stereocenters. The zero-order chi connectivity index (χ0) is 18.6. The van der Waals surface area contributed by atoms with Crippen LogP contribution in [0.4, 0.5) is 0 Å². The van der Waals surface area contributed by atoms with Crippen molar-refractivity contribution in [2.24, 2.45) is 5.92 Å². The molecule has 0 aliphatic heterocycles. The summed E-state index contributed by atoms with van der Waals surface area (Å²) in [4.78, 5) is 0. The summed E-state index contributed by atoms with van der Waals surface area (Å²) in [6.07, 6.45) is 7.30. The van der Waals surface area contributed by atoms with Crippen LogP contribution in [0.1, 0.15) is 69.6 Å². The smallest absolute Gasteiger partial charge is 0.119 e. The highest BCUT2D eigenvalue weighted by atomic mass is 16.5. The van der Waals surface area contributed by atoms with Gasteiger partial charge in [-0.15, -0.1) is 0 Å². The fourth-order valence-corrected chi connectivity index (χ4v) is 2.71. The van der Waals surface area contributed by atoms with Crippen LogP contribution in [-0.4, -0.2) is 6.61 Å². The molecule has 2 rings (SSSR count).